The number of amides is 2. The standard InChI is InChI=1S/C19H24BrN5O2S/c1-23-7-9-25(10-8-23)17-11-14(5-6-21-17)12-22-18(26)13-24(2)19(27)15-3-4-16(20)28-15/h3-6,11H,7-10,12-13H2,1-2H3,(H,22,26). The van der Waals surface area contributed by atoms with Crippen molar-refractivity contribution in [1.29, 1.82) is 0 Å². The van der Waals surface area contributed by atoms with E-state index in [0.29, 0.717) is 11.4 Å². The van der Waals surface area contributed by atoms with Gasteiger partial charge in [-0.1, -0.05) is 0 Å². The lowest BCUT2D eigenvalue weighted by Crippen LogP contribution is -2.44. The fourth-order valence-corrected chi connectivity index (χ4v) is 4.32. The van der Waals surface area contributed by atoms with Gasteiger partial charge in [-0.2, -0.15) is 0 Å². The Bertz CT molecular complexity index is 835. The van der Waals surface area contributed by atoms with Gasteiger partial charge in [0, 0.05) is 46.0 Å². The van der Waals surface area contributed by atoms with Gasteiger partial charge in [0.15, 0.2) is 0 Å². The van der Waals surface area contributed by atoms with Gasteiger partial charge < -0.3 is 20.0 Å². The minimum absolute atomic E-state index is 0.0186. The summed E-state index contributed by atoms with van der Waals surface area (Å²) in [5, 5.41) is 2.89. The Morgan fingerprint density at radius 3 is 2.68 bits per heavy atom. The van der Waals surface area contributed by atoms with Crippen LogP contribution in [0, 0.1) is 0 Å². The molecule has 3 heterocycles. The van der Waals surface area contributed by atoms with Crippen LogP contribution in [0.4, 0.5) is 5.82 Å². The van der Waals surface area contributed by atoms with E-state index in [-0.39, 0.29) is 18.4 Å². The van der Waals surface area contributed by atoms with Crippen molar-refractivity contribution >= 4 is 44.9 Å². The van der Waals surface area contributed by atoms with Gasteiger partial charge in [-0.25, -0.2) is 4.98 Å². The molecule has 1 fully saturated rings. The maximum Gasteiger partial charge on any atom is 0.264 e. The normalized spacial score (nSPS) is 14.8. The molecule has 0 aromatic carbocycles. The van der Waals surface area contributed by atoms with Crippen molar-refractivity contribution < 1.29 is 9.59 Å². The second kappa shape index (κ2) is 9.49. The number of thiophene rings is 1. The van der Waals surface area contributed by atoms with E-state index in [2.05, 4.69) is 43.1 Å². The van der Waals surface area contributed by atoms with Crippen LogP contribution < -0.4 is 10.2 Å². The minimum Gasteiger partial charge on any atom is -0.354 e. The molecule has 3 rings (SSSR count). The molecule has 1 aliphatic rings. The molecule has 0 aliphatic carbocycles. The van der Waals surface area contributed by atoms with Crippen LogP contribution in [0.1, 0.15) is 15.2 Å². The lowest BCUT2D eigenvalue weighted by Gasteiger charge is -2.33. The highest BCUT2D eigenvalue weighted by atomic mass is 79.9. The van der Waals surface area contributed by atoms with Crippen molar-refractivity contribution in [2.75, 3.05) is 51.7 Å². The highest BCUT2D eigenvalue weighted by molar-refractivity contribution is 9.11. The Morgan fingerprint density at radius 2 is 2.00 bits per heavy atom. The molecule has 0 atom stereocenters. The number of anilines is 1. The lowest BCUT2D eigenvalue weighted by atomic mass is 10.2. The Balaban J connectivity index is 1.50. The number of pyridine rings is 1. The monoisotopic (exact) mass is 465 g/mol. The largest absolute Gasteiger partial charge is 0.354 e. The Labute approximate surface area is 177 Å². The number of aromatic nitrogens is 1. The molecule has 28 heavy (non-hydrogen) atoms. The molecule has 1 aliphatic heterocycles. The zero-order valence-corrected chi connectivity index (χ0v) is 18.4. The second-order valence-corrected chi connectivity index (χ2v) is 9.32. The van der Waals surface area contributed by atoms with Crippen LogP contribution in [0.25, 0.3) is 0 Å². The van der Waals surface area contributed by atoms with Crippen molar-refractivity contribution in [1.82, 2.24) is 20.1 Å². The summed E-state index contributed by atoms with van der Waals surface area (Å²) in [6.07, 6.45) is 1.78. The highest BCUT2D eigenvalue weighted by Gasteiger charge is 2.17. The van der Waals surface area contributed by atoms with Gasteiger partial charge in [-0.3, -0.25) is 9.59 Å². The molecule has 2 amide bonds. The Hall–Kier alpha value is -1.97. The molecule has 0 spiro atoms. The number of likely N-dealkylation sites (N-methyl/N-ethyl adjacent to an activating group) is 2. The first kappa shape index (κ1) is 20.8. The molecule has 2 aromatic heterocycles. The number of carbonyl (C=O) groups is 2. The van der Waals surface area contributed by atoms with Gasteiger partial charge in [-0.05, 0) is 52.8 Å². The number of rotatable bonds is 6. The van der Waals surface area contributed by atoms with E-state index in [4.69, 9.17) is 0 Å². The lowest BCUT2D eigenvalue weighted by molar-refractivity contribution is -0.121. The number of hydrogen-bond donors (Lipinski definition) is 1. The van der Waals surface area contributed by atoms with Crippen LogP contribution in [-0.2, 0) is 11.3 Å². The van der Waals surface area contributed by atoms with Crippen LogP contribution in [0.2, 0.25) is 0 Å². The van der Waals surface area contributed by atoms with Crippen LogP contribution in [0.5, 0.6) is 0 Å². The second-order valence-electron chi connectivity index (χ2n) is 6.85. The fraction of sp³-hybridized carbons (Fsp3) is 0.421. The third-order valence-electron chi connectivity index (χ3n) is 4.64. The number of nitrogens with zero attached hydrogens (tertiary/aromatic N) is 4. The van der Waals surface area contributed by atoms with E-state index >= 15 is 0 Å². The molecular weight excluding hydrogens is 442 g/mol. The van der Waals surface area contributed by atoms with Crippen molar-refractivity contribution in [3.05, 3.63) is 44.7 Å². The number of carbonyl (C=O) groups excluding carboxylic acids is 2. The molecule has 0 unspecified atom stereocenters. The van der Waals surface area contributed by atoms with E-state index in [1.54, 1.807) is 19.3 Å². The first-order valence-electron chi connectivity index (χ1n) is 9.08. The zero-order chi connectivity index (χ0) is 20.1. The van der Waals surface area contributed by atoms with E-state index in [1.807, 2.05) is 18.2 Å². The third kappa shape index (κ3) is 5.52. The smallest absolute Gasteiger partial charge is 0.264 e. The molecule has 0 radical (unpaired) electrons. The van der Waals surface area contributed by atoms with Gasteiger partial charge in [0.2, 0.25) is 5.91 Å². The van der Waals surface area contributed by atoms with Gasteiger partial charge in [0.05, 0.1) is 15.2 Å². The molecule has 150 valence electrons. The van der Waals surface area contributed by atoms with E-state index < -0.39 is 0 Å². The van der Waals surface area contributed by atoms with Crippen molar-refractivity contribution in [3.63, 3.8) is 0 Å². The quantitative estimate of drug-likeness (QED) is 0.706. The van der Waals surface area contributed by atoms with Gasteiger partial charge in [0.1, 0.15) is 5.82 Å². The van der Waals surface area contributed by atoms with Gasteiger partial charge in [0.25, 0.3) is 5.91 Å². The molecule has 0 bridgehead atoms. The molecule has 7 nitrogen and oxygen atoms in total. The molecule has 1 saturated heterocycles. The van der Waals surface area contributed by atoms with Crippen molar-refractivity contribution in [3.8, 4) is 0 Å². The van der Waals surface area contributed by atoms with Crippen molar-refractivity contribution in [2.24, 2.45) is 0 Å². The molecular formula is C19H24BrN5O2S. The fourth-order valence-electron chi connectivity index (χ4n) is 2.94. The molecule has 0 saturated carbocycles. The maximum absolute atomic E-state index is 12.3. The van der Waals surface area contributed by atoms with Crippen molar-refractivity contribution in [2.45, 2.75) is 6.54 Å². The van der Waals surface area contributed by atoms with E-state index in [9.17, 15) is 9.59 Å². The summed E-state index contributed by atoms with van der Waals surface area (Å²) >= 11 is 4.70. The number of hydrogen-bond acceptors (Lipinski definition) is 6. The van der Waals surface area contributed by atoms with Crippen LogP contribution in [0.3, 0.4) is 0 Å². The number of halogens is 1. The Kier molecular flexibility index (Phi) is 7.03. The number of nitrogens with one attached hydrogen (secondary N) is 1. The average molecular weight is 466 g/mol. The van der Waals surface area contributed by atoms with E-state index in [0.717, 1.165) is 41.3 Å². The first-order valence-corrected chi connectivity index (χ1v) is 10.7. The summed E-state index contributed by atoms with van der Waals surface area (Å²) in [5.41, 5.74) is 0.994. The maximum atomic E-state index is 12.3. The third-order valence-corrected chi connectivity index (χ3v) is 6.25. The predicted molar refractivity (Wildman–Crippen MR) is 115 cm³/mol. The van der Waals surface area contributed by atoms with Crippen LogP contribution in [-0.4, -0.2) is 73.4 Å². The molecule has 2 aromatic rings. The first-order chi connectivity index (χ1) is 13.4. The number of piperazine rings is 1. The summed E-state index contributed by atoms with van der Waals surface area (Å²) in [4.78, 5) is 35.6. The SMILES string of the molecule is CN1CCN(c2cc(CNC(=O)CN(C)C(=O)c3ccc(Br)s3)ccn2)CC1. The Morgan fingerprint density at radius 1 is 1.25 bits per heavy atom. The zero-order valence-electron chi connectivity index (χ0n) is 16.0. The van der Waals surface area contributed by atoms with Crippen LogP contribution in [0.15, 0.2) is 34.2 Å². The summed E-state index contributed by atoms with van der Waals surface area (Å²) in [5.74, 6) is 0.590. The highest BCUT2D eigenvalue weighted by Crippen LogP contribution is 2.23. The summed E-state index contributed by atoms with van der Waals surface area (Å²) in [6, 6.07) is 7.50. The topological polar surface area (TPSA) is 68.8 Å². The van der Waals surface area contributed by atoms with Crippen LogP contribution >= 0.6 is 27.3 Å². The minimum atomic E-state index is -0.190. The van der Waals surface area contributed by atoms with Gasteiger partial charge >= 0.3 is 0 Å². The summed E-state index contributed by atoms with van der Waals surface area (Å²) in [7, 11) is 3.75. The van der Waals surface area contributed by atoms with E-state index in [1.165, 1.54) is 16.2 Å². The summed E-state index contributed by atoms with van der Waals surface area (Å²) < 4.78 is 0.891. The van der Waals surface area contributed by atoms with Gasteiger partial charge in [-0.15, -0.1) is 11.3 Å². The predicted octanol–water partition coefficient (Wildman–Crippen LogP) is 2.05. The molecule has 1 N–H and O–H groups in total. The average Bonchev–Trinajstić information content (AvgIpc) is 3.13. The molecule has 9 heteroatoms. The summed E-state index contributed by atoms with van der Waals surface area (Å²) in [6.45, 7) is 4.36.